The average Bonchev–Trinajstić information content (AvgIpc) is 2.71. The number of halogens is 1. The highest BCUT2D eigenvalue weighted by Gasteiger charge is 2.43. The van der Waals surface area contributed by atoms with Gasteiger partial charge < -0.3 is 5.32 Å². The predicted octanol–water partition coefficient (Wildman–Crippen LogP) is 3.48. The van der Waals surface area contributed by atoms with Gasteiger partial charge in [0.05, 0.1) is 0 Å². The van der Waals surface area contributed by atoms with Gasteiger partial charge in [-0.2, -0.15) is 0 Å². The molecule has 0 atom stereocenters. The summed E-state index contributed by atoms with van der Waals surface area (Å²) in [6.07, 6.45) is 2.11. The molecule has 0 saturated carbocycles. The van der Waals surface area contributed by atoms with Gasteiger partial charge in [0.1, 0.15) is 5.82 Å². The minimum atomic E-state index is -0.121. The van der Waals surface area contributed by atoms with Crippen LogP contribution in [0.25, 0.3) is 11.1 Å². The zero-order valence-electron chi connectivity index (χ0n) is 10.7. The van der Waals surface area contributed by atoms with Gasteiger partial charge in [-0.05, 0) is 60.3 Å². The summed E-state index contributed by atoms with van der Waals surface area (Å²) < 4.78 is 13.7. The molecule has 1 nitrogen and oxygen atoms in total. The Morgan fingerprint density at radius 3 is 2.47 bits per heavy atom. The van der Waals surface area contributed by atoms with Gasteiger partial charge in [0.25, 0.3) is 0 Å². The highest BCUT2D eigenvalue weighted by Crippen LogP contribution is 2.53. The quantitative estimate of drug-likeness (QED) is 0.758. The first kappa shape index (κ1) is 11.2. The number of piperidine rings is 1. The van der Waals surface area contributed by atoms with Crippen LogP contribution in [0.1, 0.15) is 24.0 Å². The van der Waals surface area contributed by atoms with E-state index in [1.807, 2.05) is 6.07 Å². The minimum absolute atomic E-state index is 0.0271. The molecule has 1 heterocycles. The molecular weight excluding hydrogens is 237 g/mol. The highest BCUT2D eigenvalue weighted by molar-refractivity contribution is 5.81. The Balaban J connectivity index is 2.03. The van der Waals surface area contributed by atoms with Gasteiger partial charge in [0, 0.05) is 5.41 Å². The van der Waals surface area contributed by atoms with Crippen LogP contribution in [0.4, 0.5) is 4.39 Å². The molecule has 1 aliphatic heterocycles. The maximum absolute atomic E-state index is 13.7. The summed E-state index contributed by atoms with van der Waals surface area (Å²) in [6.45, 7) is 2.01. The summed E-state index contributed by atoms with van der Waals surface area (Å²) in [7, 11) is 0. The number of rotatable bonds is 0. The monoisotopic (exact) mass is 253 g/mol. The molecule has 96 valence electrons. The summed E-state index contributed by atoms with van der Waals surface area (Å²) in [5, 5.41) is 3.42. The molecule has 4 rings (SSSR count). The lowest BCUT2D eigenvalue weighted by Crippen LogP contribution is -2.39. The molecule has 2 heteroatoms. The van der Waals surface area contributed by atoms with Crippen LogP contribution in [0.3, 0.4) is 0 Å². The van der Waals surface area contributed by atoms with Crippen molar-refractivity contribution in [3.63, 3.8) is 0 Å². The second kappa shape index (κ2) is 3.91. The third-order valence-corrected chi connectivity index (χ3v) is 4.69. The van der Waals surface area contributed by atoms with Crippen molar-refractivity contribution in [3.05, 3.63) is 59.4 Å². The first-order chi connectivity index (χ1) is 9.31. The fourth-order valence-electron chi connectivity index (χ4n) is 3.82. The maximum Gasteiger partial charge on any atom is 0.123 e. The van der Waals surface area contributed by atoms with E-state index in [0.29, 0.717) is 0 Å². The van der Waals surface area contributed by atoms with Crippen LogP contribution in [0.5, 0.6) is 0 Å². The summed E-state index contributed by atoms with van der Waals surface area (Å²) in [5.41, 5.74) is 5.12. The van der Waals surface area contributed by atoms with Crippen molar-refractivity contribution < 1.29 is 4.39 Å². The number of benzene rings is 2. The number of nitrogens with one attached hydrogen (secondary N) is 1. The van der Waals surface area contributed by atoms with E-state index in [0.717, 1.165) is 25.9 Å². The topological polar surface area (TPSA) is 12.0 Å². The van der Waals surface area contributed by atoms with Gasteiger partial charge in [-0.25, -0.2) is 4.39 Å². The van der Waals surface area contributed by atoms with Gasteiger partial charge in [-0.3, -0.25) is 0 Å². The molecule has 1 saturated heterocycles. The molecule has 2 aliphatic rings. The minimum Gasteiger partial charge on any atom is -0.317 e. The van der Waals surface area contributed by atoms with Crippen molar-refractivity contribution in [2.24, 2.45) is 0 Å². The van der Waals surface area contributed by atoms with E-state index in [2.05, 4.69) is 29.6 Å². The van der Waals surface area contributed by atoms with Crippen LogP contribution >= 0.6 is 0 Å². The Hall–Kier alpha value is -1.67. The first-order valence-corrected chi connectivity index (χ1v) is 6.92. The summed E-state index contributed by atoms with van der Waals surface area (Å²) >= 11 is 0. The fraction of sp³-hybridized carbons (Fsp3) is 0.294. The molecule has 1 spiro atoms. The third-order valence-electron chi connectivity index (χ3n) is 4.69. The maximum atomic E-state index is 13.7. The number of hydrogen-bond acceptors (Lipinski definition) is 1. The Kier molecular flexibility index (Phi) is 2.30. The molecule has 2 aromatic rings. The van der Waals surface area contributed by atoms with Gasteiger partial charge in [-0.15, -0.1) is 0 Å². The van der Waals surface area contributed by atoms with Crippen molar-refractivity contribution >= 4 is 0 Å². The van der Waals surface area contributed by atoms with Gasteiger partial charge >= 0.3 is 0 Å². The molecular formula is C17H16FN. The van der Waals surface area contributed by atoms with Crippen molar-refractivity contribution in [2.75, 3.05) is 13.1 Å². The number of fused-ring (bicyclic) bond motifs is 5. The smallest absolute Gasteiger partial charge is 0.123 e. The van der Waals surface area contributed by atoms with E-state index in [-0.39, 0.29) is 11.2 Å². The van der Waals surface area contributed by atoms with Crippen LogP contribution in [0, 0.1) is 5.82 Å². The molecule has 2 aromatic carbocycles. The van der Waals surface area contributed by atoms with Crippen molar-refractivity contribution in [1.29, 1.82) is 0 Å². The molecule has 1 fully saturated rings. The van der Waals surface area contributed by atoms with Gasteiger partial charge in [0.2, 0.25) is 0 Å². The van der Waals surface area contributed by atoms with Crippen molar-refractivity contribution in [1.82, 2.24) is 5.32 Å². The summed E-state index contributed by atoms with van der Waals surface area (Å²) in [5.74, 6) is -0.121. The molecule has 0 unspecified atom stereocenters. The lowest BCUT2D eigenvalue weighted by atomic mass is 9.71. The lowest BCUT2D eigenvalue weighted by Gasteiger charge is -2.36. The first-order valence-electron chi connectivity index (χ1n) is 6.92. The van der Waals surface area contributed by atoms with E-state index in [1.54, 1.807) is 12.1 Å². The third kappa shape index (κ3) is 1.44. The summed E-state index contributed by atoms with van der Waals surface area (Å²) in [4.78, 5) is 0. The van der Waals surface area contributed by atoms with Crippen LogP contribution in [0.15, 0.2) is 42.5 Å². The Labute approximate surface area is 112 Å². The van der Waals surface area contributed by atoms with E-state index >= 15 is 0 Å². The highest BCUT2D eigenvalue weighted by atomic mass is 19.1. The molecule has 0 amide bonds. The van der Waals surface area contributed by atoms with E-state index in [1.165, 1.54) is 22.3 Å². The van der Waals surface area contributed by atoms with Crippen molar-refractivity contribution in [3.8, 4) is 11.1 Å². The fourth-order valence-corrected chi connectivity index (χ4v) is 3.82. The molecule has 0 radical (unpaired) electrons. The Bertz CT molecular complexity index is 641. The molecule has 1 N–H and O–H groups in total. The van der Waals surface area contributed by atoms with Crippen molar-refractivity contribution in [2.45, 2.75) is 18.3 Å². The molecule has 1 aliphatic carbocycles. The van der Waals surface area contributed by atoms with Crippen LogP contribution < -0.4 is 5.32 Å². The lowest BCUT2D eigenvalue weighted by molar-refractivity contribution is 0.368. The molecule has 0 aromatic heterocycles. The van der Waals surface area contributed by atoms with Crippen LogP contribution in [0.2, 0.25) is 0 Å². The second-order valence-corrected chi connectivity index (χ2v) is 5.57. The molecule has 19 heavy (non-hydrogen) atoms. The zero-order chi connectivity index (χ0) is 12.9. The summed E-state index contributed by atoms with van der Waals surface area (Å²) in [6, 6.07) is 13.8. The van der Waals surface area contributed by atoms with E-state index < -0.39 is 0 Å². The van der Waals surface area contributed by atoms with E-state index in [4.69, 9.17) is 0 Å². The SMILES string of the molecule is Fc1ccc2c(c1)C1(CCNCC1)c1ccccc1-2. The zero-order valence-corrected chi connectivity index (χ0v) is 10.7. The van der Waals surface area contributed by atoms with Gasteiger partial charge in [0.15, 0.2) is 0 Å². The molecule has 0 bridgehead atoms. The normalized spacial score (nSPS) is 19.2. The van der Waals surface area contributed by atoms with Crippen LogP contribution in [-0.2, 0) is 5.41 Å². The largest absolute Gasteiger partial charge is 0.317 e. The standard InChI is InChI=1S/C17H16FN/c18-12-5-6-14-13-3-1-2-4-15(13)17(16(14)11-12)7-9-19-10-8-17/h1-6,11,19H,7-10H2. The predicted molar refractivity (Wildman–Crippen MR) is 74.7 cm³/mol. The Morgan fingerprint density at radius 2 is 1.63 bits per heavy atom. The average molecular weight is 253 g/mol. The van der Waals surface area contributed by atoms with Crippen LogP contribution in [-0.4, -0.2) is 13.1 Å². The van der Waals surface area contributed by atoms with E-state index in [9.17, 15) is 4.39 Å². The Morgan fingerprint density at radius 1 is 0.895 bits per heavy atom. The van der Waals surface area contributed by atoms with Gasteiger partial charge in [-0.1, -0.05) is 30.3 Å². The second-order valence-electron chi connectivity index (χ2n) is 5.57. The number of hydrogen-bond donors (Lipinski definition) is 1.